The number of ether oxygens (including phenoxy) is 1. The van der Waals surface area contributed by atoms with Crippen LogP contribution in [0.15, 0.2) is 11.3 Å². The van der Waals surface area contributed by atoms with E-state index in [9.17, 15) is 0 Å². The van der Waals surface area contributed by atoms with E-state index in [-0.39, 0.29) is 5.60 Å². The third-order valence-electron chi connectivity index (χ3n) is 6.70. The number of fused-ring (bicyclic) bond motifs is 2. The van der Waals surface area contributed by atoms with Crippen LogP contribution in [0.25, 0.3) is 0 Å². The van der Waals surface area contributed by atoms with Gasteiger partial charge in [0.05, 0.1) is 0 Å². The summed E-state index contributed by atoms with van der Waals surface area (Å²) in [6, 6.07) is 0. The molecule has 1 saturated carbocycles. The second-order valence-corrected chi connectivity index (χ2v) is 8.94. The molecule has 2 aliphatic carbocycles. The van der Waals surface area contributed by atoms with E-state index in [1.165, 1.54) is 25.0 Å². The molecule has 1 nitrogen and oxygen atoms in total. The predicted octanol–water partition coefficient (Wildman–Crippen LogP) is 5.17. The molecule has 108 valence electrons. The Hall–Kier alpha value is -0.460. The lowest BCUT2D eigenvalue weighted by Crippen LogP contribution is -2.27. The molecule has 0 N–H and O–H groups in total. The van der Waals surface area contributed by atoms with Gasteiger partial charge in [0, 0.05) is 5.92 Å². The van der Waals surface area contributed by atoms with Crippen molar-refractivity contribution < 1.29 is 4.74 Å². The summed E-state index contributed by atoms with van der Waals surface area (Å²) in [4.78, 5) is 0. The van der Waals surface area contributed by atoms with Crippen molar-refractivity contribution in [3.8, 4) is 0 Å². The SMILES string of the molecule is C[C@H]1C(C)(C)C2=C3OC(C)(C)C[C@@H]3CC[C@@H]2C1(C)C. The van der Waals surface area contributed by atoms with Crippen molar-refractivity contribution in [2.24, 2.45) is 28.6 Å². The van der Waals surface area contributed by atoms with Crippen LogP contribution in [0.1, 0.15) is 67.7 Å². The fourth-order valence-electron chi connectivity index (χ4n) is 5.28. The summed E-state index contributed by atoms with van der Waals surface area (Å²) in [5.41, 5.74) is 2.43. The number of hydrogen-bond donors (Lipinski definition) is 0. The van der Waals surface area contributed by atoms with E-state index in [0.29, 0.717) is 16.7 Å². The van der Waals surface area contributed by atoms with E-state index in [0.717, 1.165) is 11.8 Å². The number of rotatable bonds is 0. The van der Waals surface area contributed by atoms with Crippen LogP contribution in [0.2, 0.25) is 0 Å². The van der Waals surface area contributed by atoms with E-state index < -0.39 is 0 Å². The first-order chi connectivity index (χ1) is 8.57. The van der Waals surface area contributed by atoms with Crippen molar-refractivity contribution >= 4 is 0 Å². The van der Waals surface area contributed by atoms with Gasteiger partial charge in [-0.25, -0.2) is 0 Å². The second kappa shape index (κ2) is 3.59. The van der Waals surface area contributed by atoms with Crippen molar-refractivity contribution in [1.82, 2.24) is 0 Å². The lowest BCUT2D eigenvalue weighted by molar-refractivity contribution is 0.0706. The van der Waals surface area contributed by atoms with Crippen LogP contribution in [0.3, 0.4) is 0 Å². The van der Waals surface area contributed by atoms with Crippen LogP contribution in [0.5, 0.6) is 0 Å². The van der Waals surface area contributed by atoms with Gasteiger partial charge in [-0.3, -0.25) is 0 Å². The molecule has 0 aromatic rings. The van der Waals surface area contributed by atoms with Gasteiger partial charge in [-0.2, -0.15) is 0 Å². The molecule has 0 radical (unpaired) electrons. The third kappa shape index (κ3) is 1.66. The maximum atomic E-state index is 6.42. The van der Waals surface area contributed by atoms with Gasteiger partial charge in [0.2, 0.25) is 0 Å². The minimum atomic E-state index is 0.0495. The molecular weight excluding hydrogens is 232 g/mol. The Morgan fingerprint density at radius 3 is 2.26 bits per heavy atom. The fourth-order valence-corrected chi connectivity index (χ4v) is 5.28. The molecule has 3 atom stereocenters. The Labute approximate surface area is 118 Å². The van der Waals surface area contributed by atoms with E-state index in [4.69, 9.17) is 4.74 Å². The van der Waals surface area contributed by atoms with Crippen molar-refractivity contribution in [2.45, 2.75) is 73.3 Å². The van der Waals surface area contributed by atoms with Crippen molar-refractivity contribution in [3.05, 3.63) is 11.3 Å². The Morgan fingerprint density at radius 1 is 1.00 bits per heavy atom. The summed E-state index contributed by atoms with van der Waals surface area (Å²) in [6.07, 6.45) is 3.91. The molecule has 0 spiro atoms. The largest absolute Gasteiger partial charge is 0.492 e. The van der Waals surface area contributed by atoms with Crippen molar-refractivity contribution in [1.29, 1.82) is 0 Å². The molecular formula is C18H30O. The Kier molecular flexibility index (Phi) is 2.56. The molecule has 19 heavy (non-hydrogen) atoms. The quantitative estimate of drug-likeness (QED) is 0.585. The molecule has 0 unspecified atom stereocenters. The average Bonchev–Trinajstić information content (AvgIpc) is 2.65. The molecule has 2 fully saturated rings. The summed E-state index contributed by atoms with van der Waals surface area (Å²) in [7, 11) is 0. The molecule has 1 heteroatoms. The van der Waals surface area contributed by atoms with E-state index in [1.807, 2.05) is 0 Å². The van der Waals surface area contributed by atoms with Gasteiger partial charge in [-0.1, -0.05) is 34.6 Å². The molecule has 0 amide bonds. The first-order valence-corrected chi connectivity index (χ1v) is 8.01. The highest BCUT2D eigenvalue weighted by Crippen LogP contribution is 2.66. The van der Waals surface area contributed by atoms with Gasteiger partial charge in [0.15, 0.2) is 0 Å². The predicted molar refractivity (Wildman–Crippen MR) is 79.7 cm³/mol. The maximum absolute atomic E-state index is 6.42. The Balaban J connectivity index is 2.15. The first-order valence-electron chi connectivity index (χ1n) is 8.01. The van der Waals surface area contributed by atoms with E-state index in [2.05, 4.69) is 48.5 Å². The lowest BCUT2D eigenvalue weighted by atomic mass is 9.70. The van der Waals surface area contributed by atoms with Gasteiger partial charge in [0.25, 0.3) is 0 Å². The zero-order valence-corrected chi connectivity index (χ0v) is 13.8. The molecule has 3 rings (SSSR count). The summed E-state index contributed by atoms with van der Waals surface area (Å²) in [5, 5.41) is 0. The Bertz CT molecular complexity index is 439. The van der Waals surface area contributed by atoms with Crippen LogP contribution < -0.4 is 0 Å². The Morgan fingerprint density at radius 2 is 1.63 bits per heavy atom. The smallest absolute Gasteiger partial charge is 0.104 e. The van der Waals surface area contributed by atoms with Crippen molar-refractivity contribution in [2.75, 3.05) is 0 Å². The second-order valence-electron chi connectivity index (χ2n) is 8.94. The highest BCUT2D eigenvalue weighted by molar-refractivity contribution is 5.34. The minimum Gasteiger partial charge on any atom is -0.492 e. The summed E-state index contributed by atoms with van der Waals surface area (Å²) in [5.74, 6) is 3.54. The zero-order chi connectivity index (χ0) is 14.2. The summed E-state index contributed by atoms with van der Waals surface area (Å²) in [6.45, 7) is 16.8. The van der Waals surface area contributed by atoms with Gasteiger partial charge in [-0.15, -0.1) is 0 Å². The fraction of sp³-hybridized carbons (Fsp3) is 0.889. The number of hydrogen-bond acceptors (Lipinski definition) is 1. The summed E-state index contributed by atoms with van der Waals surface area (Å²) < 4.78 is 6.42. The topological polar surface area (TPSA) is 9.23 Å². The van der Waals surface area contributed by atoms with E-state index in [1.54, 1.807) is 5.57 Å². The highest BCUT2D eigenvalue weighted by atomic mass is 16.5. The number of allylic oxidation sites excluding steroid dienone is 2. The van der Waals surface area contributed by atoms with Crippen LogP contribution in [0, 0.1) is 28.6 Å². The third-order valence-corrected chi connectivity index (χ3v) is 6.70. The monoisotopic (exact) mass is 262 g/mol. The van der Waals surface area contributed by atoms with Crippen LogP contribution >= 0.6 is 0 Å². The van der Waals surface area contributed by atoms with Gasteiger partial charge in [-0.05, 0) is 61.3 Å². The standard InChI is InChI=1S/C18H30O/c1-11-17(4,5)13-9-8-12-10-16(2,3)19-15(12)14(13)18(11,6)7/h11-13H,8-10H2,1-7H3/t11-,12+,13+/m1/s1. The van der Waals surface area contributed by atoms with Gasteiger partial charge < -0.3 is 4.74 Å². The molecule has 1 heterocycles. The maximum Gasteiger partial charge on any atom is 0.104 e. The first kappa shape index (κ1) is 13.5. The van der Waals surface area contributed by atoms with Gasteiger partial charge >= 0.3 is 0 Å². The molecule has 3 aliphatic rings. The summed E-state index contributed by atoms with van der Waals surface area (Å²) >= 11 is 0. The lowest BCUT2D eigenvalue weighted by Gasteiger charge is -2.34. The van der Waals surface area contributed by atoms with E-state index >= 15 is 0 Å². The molecule has 0 aromatic heterocycles. The van der Waals surface area contributed by atoms with Crippen LogP contribution in [-0.2, 0) is 4.74 Å². The van der Waals surface area contributed by atoms with Gasteiger partial charge in [0.1, 0.15) is 11.4 Å². The molecule has 1 saturated heterocycles. The van der Waals surface area contributed by atoms with Crippen molar-refractivity contribution in [3.63, 3.8) is 0 Å². The zero-order valence-electron chi connectivity index (χ0n) is 13.8. The molecule has 0 aromatic carbocycles. The molecule has 1 aliphatic heterocycles. The average molecular weight is 262 g/mol. The van der Waals surface area contributed by atoms with Crippen LogP contribution in [-0.4, -0.2) is 5.60 Å². The highest BCUT2D eigenvalue weighted by Gasteiger charge is 2.58. The molecule has 0 bridgehead atoms. The minimum absolute atomic E-state index is 0.0495. The van der Waals surface area contributed by atoms with Crippen LogP contribution in [0.4, 0.5) is 0 Å². The normalized spacial score (nSPS) is 41.7.